The molecule has 0 fully saturated rings. The number of aromatic hydroxyl groups is 2. The zero-order chi connectivity index (χ0) is 13.4. The van der Waals surface area contributed by atoms with E-state index in [9.17, 15) is 10.2 Å². The van der Waals surface area contributed by atoms with Crippen molar-refractivity contribution in [2.24, 2.45) is 0 Å². The Morgan fingerprint density at radius 3 is 2.44 bits per heavy atom. The molecule has 1 unspecified atom stereocenters. The van der Waals surface area contributed by atoms with Gasteiger partial charge in [0.2, 0.25) is 0 Å². The maximum absolute atomic E-state index is 9.73. The van der Waals surface area contributed by atoms with Gasteiger partial charge >= 0.3 is 0 Å². The van der Waals surface area contributed by atoms with Crippen molar-refractivity contribution in [1.29, 1.82) is 0 Å². The number of phenols is 2. The van der Waals surface area contributed by atoms with Crippen molar-refractivity contribution < 1.29 is 10.2 Å². The minimum absolute atomic E-state index is 0.0354. The molecule has 0 aromatic heterocycles. The topological polar surface area (TPSA) is 52.5 Å². The zero-order valence-corrected chi connectivity index (χ0v) is 12.0. The summed E-state index contributed by atoms with van der Waals surface area (Å²) in [6.45, 7) is 2.86. The summed E-state index contributed by atoms with van der Waals surface area (Å²) in [5, 5.41) is 22.8. The van der Waals surface area contributed by atoms with Crippen LogP contribution in [-0.2, 0) is 0 Å². The van der Waals surface area contributed by atoms with E-state index >= 15 is 0 Å². The molecule has 102 valence electrons. The summed E-state index contributed by atoms with van der Waals surface area (Å²) in [7, 11) is 0. The van der Waals surface area contributed by atoms with Gasteiger partial charge in [0.25, 0.3) is 0 Å². The first-order chi connectivity index (χ1) is 8.66. The Balaban J connectivity index is 2.34. The summed E-state index contributed by atoms with van der Waals surface area (Å²) in [5.74, 6) is 1.52. The van der Waals surface area contributed by atoms with Crippen LogP contribution in [-0.4, -0.2) is 28.8 Å². The van der Waals surface area contributed by atoms with Crippen molar-refractivity contribution in [2.75, 3.05) is 18.6 Å². The third-order valence-electron chi connectivity index (χ3n) is 2.97. The SMILES string of the molecule is CSCCCCCNC(C)c1c(O)cccc1O. The number of benzene rings is 1. The molecule has 3 N–H and O–H groups in total. The molecule has 0 aliphatic carbocycles. The molecule has 1 aromatic carbocycles. The predicted molar refractivity (Wildman–Crippen MR) is 78.4 cm³/mol. The standard InChI is InChI=1S/C14H23NO2S/c1-11(15-9-4-3-5-10-18-2)14-12(16)7-6-8-13(14)17/h6-8,11,15-17H,3-5,9-10H2,1-2H3. The Labute approximate surface area is 114 Å². The van der Waals surface area contributed by atoms with Gasteiger partial charge in [0.1, 0.15) is 11.5 Å². The highest BCUT2D eigenvalue weighted by atomic mass is 32.2. The molecule has 0 aliphatic rings. The van der Waals surface area contributed by atoms with Gasteiger partial charge in [-0.25, -0.2) is 0 Å². The van der Waals surface area contributed by atoms with Crippen molar-refractivity contribution in [3.63, 3.8) is 0 Å². The second-order valence-electron chi connectivity index (χ2n) is 4.44. The summed E-state index contributed by atoms with van der Waals surface area (Å²) in [6.07, 6.45) is 5.72. The highest BCUT2D eigenvalue weighted by molar-refractivity contribution is 7.98. The molecule has 3 nitrogen and oxygen atoms in total. The average Bonchev–Trinajstić information content (AvgIpc) is 2.33. The van der Waals surface area contributed by atoms with Crippen LogP contribution in [0, 0.1) is 0 Å². The number of unbranched alkanes of at least 4 members (excludes halogenated alkanes) is 2. The quantitative estimate of drug-likeness (QED) is 0.634. The lowest BCUT2D eigenvalue weighted by atomic mass is 10.1. The van der Waals surface area contributed by atoms with Crippen molar-refractivity contribution in [2.45, 2.75) is 32.2 Å². The number of rotatable bonds is 8. The molecule has 0 spiro atoms. The van der Waals surface area contributed by atoms with Gasteiger partial charge in [-0.3, -0.25) is 0 Å². The number of thioether (sulfide) groups is 1. The van der Waals surface area contributed by atoms with E-state index in [2.05, 4.69) is 11.6 Å². The van der Waals surface area contributed by atoms with E-state index in [-0.39, 0.29) is 17.5 Å². The van der Waals surface area contributed by atoms with Gasteiger partial charge in [-0.05, 0) is 50.5 Å². The van der Waals surface area contributed by atoms with Gasteiger partial charge in [0.15, 0.2) is 0 Å². The fraction of sp³-hybridized carbons (Fsp3) is 0.571. The molecule has 0 aliphatic heterocycles. The largest absolute Gasteiger partial charge is 0.507 e. The van der Waals surface area contributed by atoms with E-state index in [1.807, 2.05) is 18.7 Å². The summed E-state index contributed by atoms with van der Waals surface area (Å²) >= 11 is 1.88. The first kappa shape index (κ1) is 15.2. The molecule has 0 heterocycles. The van der Waals surface area contributed by atoms with Gasteiger partial charge in [-0.1, -0.05) is 12.5 Å². The van der Waals surface area contributed by atoms with Crippen LogP contribution in [0.2, 0.25) is 0 Å². The Bertz CT molecular complexity index is 337. The normalized spacial score (nSPS) is 12.6. The predicted octanol–water partition coefficient (Wildman–Crippen LogP) is 3.28. The van der Waals surface area contributed by atoms with E-state index in [1.54, 1.807) is 18.2 Å². The third-order valence-corrected chi connectivity index (χ3v) is 3.67. The minimum atomic E-state index is -0.0354. The Hall–Kier alpha value is -0.870. The molecule has 1 atom stereocenters. The minimum Gasteiger partial charge on any atom is -0.507 e. The van der Waals surface area contributed by atoms with Gasteiger partial charge in [0, 0.05) is 6.04 Å². The van der Waals surface area contributed by atoms with Crippen LogP contribution >= 0.6 is 11.8 Å². The average molecular weight is 269 g/mol. The lowest BCUT2D eigenvalue weighted by molar-refractivity contribution is 0.417. The molecule has 0 radical (unpaired) electrons. The van der Waals surface area contributed by atoms with Crippen LogP contribution in [0.4, 0.5) is 0 Å². The first-order valence-corrected chi connectivity index (χ1v) is 7.79. The van der Waals surface area contributed by atoms with Gasteiger partial charge in [0.05, 0.1) is 5.56 Å². The summed E-state index contributed by atoms with van der Waals surface area (Å²) in [5.41, 5.74) is 0.585. The fourth-order valence-corrected chi connectivity index (χ4v) is 2.45. The molecule has 4 heteroatoms. The van der Waals surface area contributed by atoms with Crippen LogP contribution in [0.3, 0.4) is 0 Å². The number of hydrogen-bond donors (Lipinski definition) is 3. The van der Waals surface area contributed by atoms with Crippen LogP contribution < -0.4 is 5.32 Å². The Morgan fingerprint density at radius 1 is 1.17 bits per heavy atom. The second-order valence-corrected chi connectivity index (χ2v) is 5.42. The molecule has 0 saturated heterocycles. The summed E-state index contributed by atoms with van der Waals surface area (Å²) < 4.78 is 0. The molecule has 1 rings (SSSR count). The highest BCUT2D eigenvalue weighted by Crippen LogP contribution is 2.31. The maximum atomic E-state index is 9.73. The van der Waals surface area contributed by atoms with Crippen molar-refractivity contribution in [3.8, 4) is 11.5 Å². The molecule has 0 bridgehead atoms. The van der Waals surface area contributed by atoms with Gasteiger partial charge < -0.3 is 15.5 Å². The molecular weight excluding hydrogens is 246 g/mol. The molecule has 1 aromatic rings. The van der Waals surface area contributed by atoms with Crippen LogP contribution in [0.1, 0.15) is 37.8 Å². The zero-order valence-electron chi connectivity index (χ0n) is 11.1. The van der Waals surface area contributed by atoms with E-state index in [0.29, 0.717) is 5.56 Å². The highest BCUT2D eigenvalue weighted by Gasteiger charge is 2.13. The molecule has 18 heavy (non-hydrogen) atoms. The number of phenolic OH excluding ortho intramolecular Hbond substituents is 2. The summed E-state index contributed by atoms with van der Waals surface area (Å²) in [6, 6.07) is 4.81. The molecule has 0 amide bonds. The lowest BCUT2D eigenvalue weighted by Gasteiger charge is -2.16. The Morgan fingerprint density at radius 2 is 1.83 bits per heavy atom. The van der Waals surface area contributed by atoms with Crippen molar-refractivity contribution >= 4 is 11.8 Å². The monoisotopic (exact) mass is 269 g/mol. The number of hydrogen-bond acceptors (Lipinski definition) is 4. The van der Waals surface area contributed by atoms with E-state index in [1.165, 1.54) is 18.6 Å². The van der Waals surface area contributed by atoms with Crippen LogP contribution in [0.15, 0.2) is 18.2 Å². The smallest absolute Gasteiger partial charge is 0.124 e. The fourth-order valence-electron chi connectivity index (χ4n) is 1.95. The lowest BCUT2D eigenvalue weighted by Crippen LogP contribution is -2.20. The first-order valence-electron chi connectivity index (χ1n) is 6.40. The van der Waals surface area contributed by atoms with E-state index < -0.39 is 0 Å². The second kappa shape index (κ2) is 8.27. The van der Waals surface area contributed by atoms with Gasteiger partial charge in [-0.15, -0.1) is 0 Å². The Kier molecular flexibility index (Phi) is 6.98. The van der Waals surface area contributed by atoms with Gasteiger partial charge in [-0.2, -0.15) is 11.8 Å². The van der Waals surface area contributed by atoms with Crippen LogP contribution in [0.25, 0.3) is 0 Å². The molecular formula is C14H23NO2S. The van der Waals surface area contributed by atoms with E-state index in [4.69, 9.17) is 0 Å². The van der Waals surface area contributed by atoms with Crippen LogP contribution in [0.5, 0.6) is 11.5 Å². The van der Waals surface area contributed by atoms with Crippen molar-refractivity contribution in [3.05, 3.63) is 23.8 Å². The van der Waals surface area contributed by atoms with Crippen molar-refractivity contribution in [1.82, 2.24) is 5.32 Å². The number of nitrogens with one attached hydrogen (secondary N) is 1. The van der Waals surface area contributed by atoms with E-state index in [0.717, 1.165) is 13.0 Å². The third kappa shape index (κ3) is 4.78. The maximum Gasteiger partial charge on any atom is 0.124 e. The summed E-state index contributed by atoms with van der Waals surface area (Å²) in [4.78, 5) is 0. The molecule has 0 saturated carbocycles.